The van der Waals surface area contributed by atoms with E-state index in [9.17, 15) is 0 Å². The van der Waals surface area contributed by atoms with Crippen molar-refractivity contribution in [3.05, 3.63) is 35.4 Å². The normalized spacial score (nSPS) is 21.8. The van der Waals surface area contributed by atoms with Crippen LogP contribution in [0.4, 0.5) is 0 Å². The van der Waals surface area contributed by atoms with Gasteiger partial charge in [0.2, 0.25) is 0 Å². The summed E-state index contributed by atoms with van der Waals surface area (Å²) in [5.74, 6) is 1.26. The molecule has 1 atom stereocenters. The zero-order chi connectivity index (χ0) is 9.97. The fourth-order valence-electron chi connectivity index (χ4n) is 1.95. The minimum Gasteiger partial charge on any atom is -0.381 e. The van der Waals surface area contributed by atoms with E-state index in [-0.39, 0.29) is 0 Å². The summed E-state index contributed by atoms with van der Waals surface area (Å²) in [6, 6.07) is 9.01. The third-order valence-electron chi connectivity index (χ3n) is 3.00. The Bertz CT molecular complexity index is 281. The molecular formula is C13H18O. The minimum atomic E-state index is 0.629. The van der Waals surface area contributed by atoms with Gasteiger partial charge in [0.05, 0.1) is 6.61 Å². The summed E-state index contributed by atoms with van der Waals surface area (Å²) in [5, 5.41) is 0. The Morgan fingerprint density at radius 2 is 1.93 bits per heavy atom. The van der Waals surface area contributed by atoms with Gasteiger partial charge in [0.1, 0.15) is 0 Å². The van der Waals surface area contributed by atoms with E-state index >= 15 is 0 Å². The highest BCUT2D eigenvalue weighted by molar-refractivity contribution is 5.27. The molecule has 1 heteroatoms. The first kappa shape index (κ1) is 9.72. The maximum atomic E-state index is 5.39. The lowest BCUT2D eigenvalue weighted by atomic mass is 9.95. The Balaban J connectivity index is 2.12. The molecule has 76 valence electrons. The van der Waals surface area contributed by atoms with Gasteiger partial charge in [-0.05, 0) is 23.5 Å². The Hall–Kier alpha value is -0.820. The van der Waals surface area contributed by atoms with Gasteiger partial charge in [-0.1, -0.05) is 38.1 Å². The molecular weight excluding hydrogens is 172 g/mol. The van der Waals surface area contributed by atoms with Gasteiger partial charge < -0.3 is 4.74 Å². The van der Waals surface area contributed by atoms with E-state index in [1.807, 2.05) is 0 Å². The molecule has 0 radical (unpaired) electrons. The van der Waals surface area contributed by atoms with Crippen LogP contribution in [0.3, 0.4) is 0 Å². The summed E-state index contributed by atoms with van der Waals surface area (Å²) < 4.78 is 5.39. The molecule has 2 rings (SSSR count). The minimum absolute atomic E-state index is 0.629. The first-order chi connectivity index (χ1) is 6.77. The zero-order valence-electron chi connectivity index (χ0n) is 8.99. The van der Waals surface area contributed by atoms with Crippen molar-refractivity contribution in [2.75, 3.05) is 13.2 Å². The van der Waals surface area contributed by atoms with E-state index in [1.165, 1.54) is 17.5 Å². The molecule has 0 spiro atoms. The fourth-order valence-corrected chi connectivity index (χ4v) is 1.95. The predicted octanol–water partition coefficient (Wildman–Crippen LogP) is 3.31. The lowest BCUT2D eigenvalue weighted by Crippen LogP contribution is -1.97. The molecule has 1 aliphatic heterocycles. The molecule has 1 aliphatic rings. The molecule has 0 aliphatic carbocycles. The van der Waals surface area contributed by atoms with E-state index in [4.69, 9.17) is 4.74 Å². The number of hydrogen-bond donors (Lipinski definition) is 0. The number of ether oxygens (including phenoxy) is 1. The number of hydrogen-bond acceptors (Lipinski definition) is 1. The maximum absolute atomic E-state index is 5.39. The molecule has 1 nitrogen and oxygen atoms in total. The maximum Gasteiger partial charge on any atom is 0.0535 e. The molecule has 0 saturated carbocycles. The van der Waals surface area contributed by atoms with Crippen LogP contribution in [0.1, 0.15) is 43.2 Å². The van der Waals surface area contributed by atoms with Gasteiger partial charge in [-0.3, -0.25) is 0 Å². The van der Waals surface area contributed by atoms with E-state index in [1.54, 1.807) is 0 Å². The van der Waals surface area contributed by atoms with Crippen LogP contribution in [-0.2, 0) is 4.74 Å². The zero-order valence-corrected chi connectivity index (χ0v) is 8.99. The Morgan fingerprint density at radius 1 is 1.21 bits per heavy atom. The molecule has 1 saturated heterocycles. The first-order valence-corrected chi connectivity index (χ1v) is 5.45. The monoisotopic (exact) mass is 190 g/mol. The van der Waals surface area contributed by atoms with E-state index in [2.05, 4.69) is 38.1 Å². The van der Waals surface area contributed by atoms with Crippen molar-refractivity contribution in [2.45, 2.75) is 32.1 Å². The summed E-state index contributed by atoms with van der Waals surface area (Å²) in [6.07, 6.45) is 1.18. The van der Waals surface area contributed by atoms with Gasteiger partial charge in [-0.2, -0.15) is 0 Å². The van der Waals surface area contributed by atoms with Crippen molar-refractivity contribution in [1.82, 2.24) is 0 Å². The van der Waals surface area contributed by atoms with Gasteiger partial charge in [0.25, 0.3) is 0 Å². The van der Waals surface area contributed by atoms with Crippen LogP contribution >= 0.6 is 0 Å². The summed E-state index contributed by atoms with van der Waals surface area (Å²) >= 11 is 0. The average molecular weight is 190 g/mol. The number of benzene rings is 1. The standard InChI is InChI=1S/C13H18O/c1-10(2)11-3-5-12(6-4-11)13-7-8-14-9-13/h3-6,10,13H,7-9H2,1-2H3. The summed E-state index contributed by atoms with van der Waals surface area (Å²) in [6.45, 7) is 6.29. The number of rotatable bonds is 2. The largest absolute Gasteiger partial charge is 0.381 e. The second-order valence-corrected chi connectivity index (χ2v) is 4.38. The van der Waals surface area contributed by atoms with Crippen molar-refractivity contribution in [3.63, 3.8) is 0 Å². The molecule has 0 amide bonds. The molecule has 0 bridgehead atoms. The summed E-state index contributed by atoms with van der Waals surface area (Å²) in [5.41, 5.74) is 2.86. The van der Waals surface area contributed by atoms with Gasteiger partial charge >= 0.3 is 0 Å². The van der Waals surface area contributed by atoms with Crippen LogP contribution in [0.25, 0.3) is 0 Å². The SMILES string of the molecule is CC(C)c1ccc(C2CCOC2)cc1. The van der Waals surface area contributed by atoms with Gasteiger partial charge in [0.15, 0.2) is 0 Å². The third kappa shape index (κ3) is 1.98. The molecule has 1 aromatic rings. The highest BCUT2D eigenvalue weighted by atomic mass is 16.5. The topological polar surface area (TPSA) is 9.23 Å². The van der Waals surface area contributed by atoms with Gasteiger partial charge in [-0.15, -0.1) is 0 Å². The van der Waals surface area contributed by atoms with E-state index in [0.29, 0.717) is 11.8 Å². The molecule has 0 aromatic heterocycles. The Morgan fingerprint density at radius 3 is 2.43 bits per heavy atom. The highest BCUT2D eigenvalue weighted by Crippen LogP contribution is 2.26. The van der Waals surface area contributed by atoms with Crippen LogP contribution in [0.2, 0.25) is 0 Å². The first-order valence-electron chi connectivity index (χ1n) is 5.45. The fraction of sp³-hybridized carbons (Fsp3) is 0.538. The molecule has 1 heterocycles. The van der Waals surface area contributed by atoms with Crippen molar-refractivity contribution >= 4 is 0 Å². The second kappa shape index (κ2) is 4.14. The van der Waals surface area contributed by atoms with E-state index < -0.39 is 0 Å². The van der Waals surface area contributed by atoms with Crippen LogP contribution in [0.5, 0.6) is 0 Å². The lowest BCUT2D eigenvalue weighted by Gasteiger charge is -2.10. The molecule has 0 N–H and O–H groups in total. The van der Waals surface area contributed by atoms with Crippen molar-refractivity contribution in [3.8, 4) is 0 Å². The van der Waals surface area contributed by atoms with E-state index in [0.717, 1.165) is 13.2 Å². The average Bonchev–Trinajstić information content (AvgIpc) is 2.71. The second-order valence-electron chi connectivity index (χ2n) is 4.38. The quantitative estimate of drug-likeness (QED) is 0.695. The van der Waals surface area contributed by atoms with Gasteiger partial charge in [0, 0.05) is 12.5 Å². The molecule has 1 unspecified atom stereocenters. The Labute approximate surface area is 86.1 Å². The highest BCUT2D eigenvalue weighted by Gasteiger charge is 2.17. The van der Waals surface area contributed by atoms with Crippen LogP contribution in [0.15, 0.2) is 24.3 Å². The van der Waals surface area contributed by atoms with Crippen LogP contribution in [-0.4, -0.2) is 13.2 Å². The summed E-state index contributed by atoms with van der Waals surface area (Å²) in [7, 11) is 0. The van der Waals surface area contributed by atoms with Gasteiger partial charge in [-0.25, -0.2) is 0 Å². The molecule has 1 aromatic carbocycles. The molecule has 14 heavy (non-hydrogen) atoms. The van der Waals surface area contributed by atoms with Crippen molar-refractivity contribution < 1.29 is 4.74 Å². The van der Waals surface area contributed by atoms with Crippen molar-refractivity contribution in [2.24, 2.45) is 0 Å². The lowest BCUT2D eigenvalue weighted by molar-refractivity contribution is 0.194. The van der Waals surface area contributed by atoms with Crippen molar-refractivity contribution in [1.29, 1.82) is 0 Å². The smallest absolute Gasteiger partial charge is 0.0535 e. The van der Waals surface area contributed by atoms with Crippen LogP contribution in [0, 0.1) is 0 Å². The summed E-state index contributed by atoms with van der Waals surface area (Å²) in [4.78, 5) is 0. The third-order valence-corrected chi connectivity index (χ3v) is 3.00. The predicted molar refractivity (Wildman–Crippen MR) is 58.7 cm³/mol. The van der Waals surface area contributed by atoms with Crippen LogP contribution < -0.4 is 0 Å². The Kier molecular flexibility index (Phi) is 2.87. The molecule has 1 fully saturated rings.